The average molecular weight is 469 g/mol. The first-order valence-electron chi connectivity index (χ1n) is 12.5. The number of allylic oxidation sites excluding steroid dienone is 2. The minimum atomic E-state index is 0.162. The number of rotatable bonds is 8. The second-order valence-electron chi connectivity index (χ2n) is 9.52. The number of unbranched alkanes of at least 4 members (excludes halogenated alkanes) is 2. The highest BCUT2D eigenvalue weighted by Gasteiger charge is 2.23. The molecule has 0 spiro atoms. The Labute approximate surface area is 205 Å². The Morgan fingerprint density at radius 2 is 1.63 bits per heavy atom. The van der Waals surface area contributed by atoms with E-state index in [9.17, 15) is 4.79 Å². The number of H-pyrrole nitrogens is 1. The van der Waals surface area contributed by atoms with Crippen LogP contribution in [0, 0.1) is 0 Å². The standard InChI is InChI=1S/C28H32N6O/c1-4-5-6-11-26-25(28(35)34-18-20(3)19(2)17-33(26)34)16-21-12-14-22(15-13-21)23-9-7-8-10-24(23)27-29-31-32-30-27/h7-10,12-15H,4-6,11,16-18H2,1-3H3,(H,29,30,31,32). The van der Waals surface area contributed by atoms with Crippen molar-refractivity contribution in [3.05, 3.63) is 86.9 Å². The van der Waals surface area contributed by atoms with Crippen molar-refractivity contribution in [1.29, 1.82) is 0 Å². The van der Waals surface area contributed by atoms with Gasteiger partial charge >= 0.3 is 0 Å². The fraction of sp³-hybridized carbons (Fsp3) is 0.357. The highest BCUT2D eigenvalue weighted by Crippen LogP contribution is 2.30. The number of benzene rings is 2. The lowest BCUT2D eigenvalue weighted by atomic mass is 9.96. The summed E-state index contributed by atoms with van der Waals surface area (Å²) in [5, 5.41) is 14.5. The van der Waals surface area contributed by atoms with Gasteiger partial charge < -0.3 is 0 Å². The second-order valence-corrected chi connectivity index (χ2v) is 9.52. The molecule has 0 aliphatic carbocycles. The van der Waals surface area contributed by atoms with Gasteiger partial charge in [0, 0.05) is 23.2 Å². The van der Waals surface area contributed by atoms with E-state index in [0.717, 1.165) is 47.2 Å². The smallest absolute Gasteiger partial charge is 0.270 e. The molecule has 0 radical (unpaired) electrons. The van der Waals surface area contributed by atoms with Crippen LogP contribution in [-0.4, -0.2) is 30.0 Å². The van der Waals surface area contributed by atoms with Crippen LogP contribution in [-0.2, 0) is 25.9 Å². The molecule has 4 aromatic rings. The van der Waals surface area contributed by atoms with Gasteiger partial charge in [-0.1, -0.05) is 79.4 Å². The van der Waals surface area contributed by atoms with Crippen molar-refractivity contribution < 1.29 is 0 Å². The van der Waals surface area contributed by atoms with E-state index in [-0.39, 0.29) is 5.56 Å². The third-order valence-corrected chi connectivity index (χ3v) is 7.12. The van der Waals surface area contributed by atoms with Crippen LogP contribution in [0.4, 0.5) is 0 Å². The molecular weight excluding hydrogens is 436 g/mol. The summed E-state index contributed by atoms with van der Waals surface area (Å²) in [7, 11) is 0. The summed E-state index contributed by atoms with van der Waals surface area (Å²) in [6.45, 7) is 8.05. The molecule has 5 rings (SSSR count). The number of aromatic amines is 1. The first-order valence-corrected chi connectivity index (χ1v) is 12.5. The van der Waals surface area contributed by atoms with Crippen LogP contribution < -0.4 is 5.56 Å². The number of nitrogens with zero attached hydrogens (tertiary/aromatic N) is 5. The summed E-state index contributed by atoms with van der Waals surface area (Å²) in [5.74, 6) is 0.577. The molecule has 3 heterocycles. The topological polar surface area (TPSA) is 81.4 Å². The highest BCUT2D eigenvalue weighted by molar-refractivity contribution is 5.80. The van der Waals surface area contributed by atoms with Gasteiger partial charge in [-0.25, -0.2) is 4.68 Å². The molecule has 0 amide bonds. The molecule has 7 nitrogen and oxygen atoms in total. The van der Waals surface area contributed by atoms with E-state index < -0.39 is 0 Å². The van der Waals surface area contributed by atoms with E-state index in [1.54, 1.807) is 0 Å². The molecule has 0 unspecified atom stereocenters. The minimum Gasteiger partial charge on any atom is -0.282 e. The van der Waals surface area contributed by atoms with Crippen LogP contribution in [0.15, 0.2) is 64.5 Å². The Balaban J connectivity index is 1.46. The lowest BCUT2D eigenvalue weighted by molar-refractivity contribution is 0.446. The quantitative estimate of drug-likeness (QED) is 0.286. The Hall–Kier alpha value is -3.74. The number of tetrazole rings is 1. The molecule has 0 bridgehead atoms. The number of hydrogen-bond donors (Lipinski definition) is 1. The van der Waals surface area contributed by atoms with Crippen LogP contribution in [0.3, 0.4) is 0 Å². The van der Waals surface area contributed by atoms with Gasteiger partial charge in [-0.15, -0.1) is 10.2 Å². The summed E-state index contributed by atoms with van der Waals surface area (Å²) < 4.78 is 4.19. The zero-order chi connectivity index (χ0) is 24.4. The van der Waals surface area contributed by atoms with E-state index in [0.29, 0.717) is 18.8 Å². The fourth-order valence-corrected chi connectivity index (χ4v) is 4.96. The molecule has 2 aromatic carbocycles. The Morgan fingerprint density at radius 3 is 2.31 bits per heavy atom. The number of hydrogen-bond acceptors (Lipinski definition) is 4. The molecule has 1 N–H and O–H groups in total. The number of fused-ring (bicyclic) bond motifs is 1. The zero-order valence-electron chi connectivity index (χ0n) is 20.7. The van der Waals surface area contributed by atoms with Crippen molar-refractivity contribution in [1.82, 2.24) is 30.0 Å². The Bertz CT molecular complexity index is 1410. The van der Waals surface area contributed by atoms with Crippen molar-refractivity contribution in [2.24, 2.45) is 0 Å². The molecule has 1 aliphatic rings. The predicted molar refractivity (Wildman–Crippen MR) is 138 cm³/mol. The van der Waals surface area contributed by atoms with E-state index in [2.05, 4.69) is 76.4 Å². The maximum Gasteiger partial charge on any atom is 0.270 e. The van der Waals surface area contributed by atoms with Crippen molar-refractivity contribution in [3.63, 3.8) is 0 Å². The predicted octanol–water partition coefficient (Wildman–Crippen LogP) is 5.17. The number of nitrogens with one attached hydrogen (secondary N) is 1. The summed E-state index contributed by atoms with van der Waals surface area (Å²) in [6.07, 6.45) is 5.07. The van der Waals surface area contributed by atoms with Gasteiger partial charge in [-0.2, -0.15) is 5.21 Å². The summed E-state index contributed by atoms with van der Waals surface area (Å²) in [4.78, 5) is 13.5. The van der Waals surface area contributed by atoms with Crippen molar-refractivity contribution >= 4 is 0 Å². The van der Waals surface area contributed by atoms with E-state index in [1.165, 1.54) is 29.7 Å². The Kier molecular flexibility index (Phi) is 6.49. The molecule has 0 atom stereocenters. The van der Waals surface area contributed by atoms with Crippen molar-refractivity contribution in [2.75, 3.05) is 0 Å². The summed E-state index contributed by atoms with van der Waals surface area (Å²) >= 11 is 0. The van der Waals surface area contributed by atoms with E-state index >= 15 is 0 Å². The molecule has 2 aromatic heterocycles. The van der Waals surface area contributed by atoms with E-state index in [4.69, 9.17) is 0 Å². The van der Waals surface area contributed by atoms with Crippen molar-refractivity contribution in [3.8, 4) is 22.5 Å². The largest absolute Gasteiger partial charge is 0.282 e. The molecule has 0 saturated heterocycles. The SMILES string of the molecule is CCCCCc1c(Cc2ccc(-c3ccccc3-c3nn[nH]n3)cc2)c(=O)n2n1CC(C)=C(C)C2. The summed E-state index contributed by atoms with van der Waals surface area (Å²) in [6, 6.07) is 16.6. The molecular formula is C28H32N6O. The van der Waals surface area contributed by atoms with Crippen LogP contribution in [0.1, 0.15) is 56.9 Å². The van der Waals surface area contributed by atoms with Crippen molar-refractivity contribution in [2.45, 2.75) is 66.0 Å². The van der Waals surface area contributed by atoms with Gasteiger partial charge in [0.1, 0.15) is 0 Å². The van der Waals surface area contributed by atoms with Gasteiger partial charge in [0.25, 0.3) is 5.56 Å². The van der Waals surface area contributed by atoms with Gasteiger partial charge in [-0.3, -0.25) is 9.48 Å². The molecule has 0 fully saturated rings. The van der Waals surface area contributed by atoms with Crippen LogP contribution in [0.5, 0.6) is 0 Å². The van der Waals surface area contributed by atoms with Gasteiger partial charge in [0.2, 0.25) is 5.82 Å². The lowest BCUT2D eigenvalue weighted by Gasteiger charge is -2.22. The lowest BCUT2D eigenvalue weighted by Crippen LogP contribution is -2.29. The van der Waals surface area contributed by atoms with Gasteiger partial charge in [0.05, 0.1) is 13.1 Å². The summed E-state index contributed by atoms with van der Waals surface area (Å²) in [5.41, 5.74) is 9.20. The van der Waals surface area contributed by atoms with Gasteiger partial charge in [-0.05, 0) is 48.6 Å². The number of aromatic nitrogens is 6. The maximum absolute atomic E-state index is 13.5. The fourth-order valence-electron chi connectivity index (χ4n) is 4.96. The zero-order valence-corrected chi connectivity index (χ0v) is 20.7. The molecule has 180 valence electrons. The third-order valence-electron chi connectivity index (χ3n) is 7.12. The Morgan fingerprint density at radius 1 is 0.914 bits per heavy atom. The highest BCUT2D eigenvalue weighted by atomic mass is 16.1. The van der Waals surface area contributed by atoms with Crippen LogP contribution in [0.2, 0.25) is 0 Å². The second kappa shape index (κ2) is 9.86. The maximum atomic E-state index is 13.5. The van der Waals surface area contributed by atoms with Crippen LogP contribution in [0.25, 0.3) is 22.5 Å². The van der Waals surface area contributed by atoms with Gasteiger partial charge in [0.15, 0.2) is 0 Å². The molecule has 0 saturated carbocycles. The normalized spacial score (nSPS) is 13.3. The van der Waals surface area contributed by atoms with Crippen LogP contribution >= 0.6 is 0 Å². The van der Waals surface area contributed by atoms with E-state index in [1.807, 2.05) is 22.9 Å². The first kappa shape index (κ1) is 23.0. The third kappa shape index (κ3) is 4.50. The molecule has 7 heteroatoms. The monoisotopic (exact) mass is 468 g/mol. The molecule has 1 aliphatic heterocycles. The first-order chi connectivity index (χ1) is 17.1. The minimum absolute atomic E-state index is 0.162. The average Bonchev–Trinajstić information content (AvgIpc) is 3.49. The molecule has 35 heavy (non-hydrogen) atoms.